The smallest absolute Gasteiger partial charge is 0.341 e. The summed E-state index contributed by atoms with van der Waals surface area (Å²) < 4.78 is 10.3. The third kappa shape index (κ3) is 4.85. The maximum atomic E-state index is 12.5. The number of nitrogens with one attached hydrogen (secondary N) is 1. The highest BCUT2D eigenvalue weighted by molar-refractivity contribution is 7.17. The van der Waals surface area contributed by atoms with Gasteiger partial charge in [-0.1, -0.05) is 25.1 Å². The van der Waals surface area contributed by atoms with Gasteiger partial charge in [0.25, 0.3) is 5.91 Å². The number of ether oxygens (including phenoxy) is 2. The number of aryl methyl sites for hydroxylation is 1. The zero-order chi connectivity index (χ0) is 21.0. The van der Waals surface area contributed by atoms with Gasteiger partial charge >= 0.3 is 11.9 Å². The van der Waals surface area contributed by atoms with E-state index in [4.69, 9.17) is 9.47 Å². The summed E-state index contributed by atoms with van der Waals surface area (Å²) in [6, 6.07) is 7.03. The Morgan fingerprint density at radius 1 is 1.17 bits per heavy atom. The van der Waals surface area contributed by atoms with Crippen molar-refractivity contribution in [2.24, 2.45) is 5.92 Å². The third-order valence-corrected chi connectivity index (χ3v) is 6.11. The number of amides is 1. The van der Waals surface area contributed by atoms with Gasteiger partial charge in [-0.05, 0) is 56.2 Å². The molecule has 7 heteroatoms. The van der Waals surface area contributed by atoms with Gasteiger partial charge < -0.3 is 14.8 Å². The van der Waals surface area contributed by atoms with Crippen LogP contribution in [0, 0.1) is 12.8 Å². The van der Waals surface area contributed by atoms with Crippen LogP contribution in [0.3, 0.4) is 0 Å². The molecule has 1 atom stereocenters. The standard InChI is InChI=1S/C22H25NO5S/c1-4-27-22(26)19-16-10-9-13(2)11-17(16)29-20(19)23-18(24)12-28-21(25)15-8-6-5-7-14(15)3/h5-8,13H,4,9-12H2,1-3H3,(H,23,24)/t13-/m0/s1. The average molecular weight is 416 g/mol. The second-order valence-electron chi connectivity index (χ2n) is 7.22. The van der Waals surface area contributed by atoms with Crippen LogP contribution < -0.4 is 5.32 Å². The molecule has 1 aromatic carbocycles. The van der Waals surface area contributed by atoms with E-state index in [1.807, 2.05) is 6.07 Å². The molecule has 1 heterocycles. The lowest BCUT2D eigenvalue weighted by atomic mass is 9.88. The van der Waals surface area contributed by atoms with Crippen molar-refractivity contribution in [3.63, 3.8) is 0 Å². The van der Waals surface area contributed by atoms with Crippen LogP contribution in [0.15, 0.2) is 24.3 Å². The lowest BCUT2D eigenvalue weighted by Gasteiger charge is -2.18. The second-order valence-corrected chi connectivity index (χ2v) is 8.32. The molecule has 6 nitrogen and oxygen atoms in total. The predicted octanol–water partition coefficient (Wildman–Crippen LogP) is 4.15. The van der Waals surface area contributed by atoms with Gasteiger partial charge in [-0.2, -0.15) is 0 Å². The van der Waals surface area contributed by atoms with Crippen LogP contribution in [-0.4, -0.2) is 31.1 Å². The van der Waals surface area contributed by atoms with Crippen molar-refractivity contribution in [1.82, 2.24) is 0 Å². The van der Waals surface area contributed by atoms with Crippen LogP contribution >= 0.6 is 11.3 Å². The molecule has 0 unspecified atom stereocenters. The summed E-state index contributed by atoms with van der Waals surface area (Å²) in [5.74, 6) is -0.922. The molecule has 0 radical (unpaired) electrons. The SMILES string of the molecule is CCOC(=O)c1c(NC(=O)COC(=O)c2ccccc2C)sc2c1CC[C@H](C)C2. The van der Waals surface area contributed by atoms with E-state index in [1.165, 1.54) is 11.3 Å². The Balaban J connectivity index is 1.72. The molecular formula is C22H25NO5S. The van der Waals surface area contributed by atoms with Crippen molar-refractivity contribution in [3.05, 3.63) is 51.4 Å². The van der Waals surface area contributed by atoms with Gasteiger partial charge in [0, 0.05) is 4.88 Å². The summed E-state index contributed by atoms with van der Waals surface area (Å²) in [7, 11) is 0. The maximum absolute atomic E-state index is 12.5. The van der Waals surface area contributed by atoms with Crippen molar-refractivity contribution >= 4 is 34.2 Å². The number of anilines is 1. The molecule has 1 aromatic heterocycles. The van der Waals surface area contributed by atoms with Crippen molar-refractivity contribution in [2.45, 2.75) is 40.0 Å². The number of carbonyl (C=O) groups excluding carboxylic acids is 3. The molecule has 0 spiro atoms. The van der Waals surface area contributed by atoms with Crippen LogP contribution in [0.1, 0.15) is 57.0 Å². The van der Waals surface area contributed by atoms with E-state index >= 15 is 0 Å². The molecule has 0 saturated heterocycles. The van der Waals surface area contributed by atoms with E-state index in [-0.39, 0.29) is 6.61 Å². The molecule has 0 saturated carbocycles. The van der Waals surface area contributed by atoms with Crippen LogP contribution in [-0.2, 0) is 27.1 Å². The van der Waals surface area contributed by atoms with E-state index in [2.05, 4.69) is 12.2 Å². The number of hydrogen-bond donors (Lipinski definition) is 1. The van der Waals surface area contributed by atoms with Crippen molar-refractivity contribution < 1.29 is 23.9 Å². The van der Waals surface area contributed by atoms with Crippen LogP contribution in [0.5, 0.6) is 0 Å². The predicted molar refractivity (Wildman–Crippen MR) is 112 cm³/mol. The summed E-state index contributed by atoms with van der Waals surface area (Å²) in [4.78, 5) is 38.2. The second kappa shape index (κ2) is 9.22. The molecule has 1 aliphatic rings. The first-order chi connectivity index (χ1) is 13.9. The van der Waals surface area contributed by atoms with E-state index in [0.717, 1.165) is 35.3 Å². The Bertz CT molecular complexity index is 933. The fourth-order valence-electron chi connectivity index (χ4n) is 3.43. The van der Waals surface area contributed by atoms with E-state index < -0.39 is 24.5 Å². The molecule has 1 amide bonds. The number of thiophene rings is 1. The lowest BCUT2D eigenvalue weighted by molar-refractivity contribution is -0.119. The fourth-order valence-corrected chi connectivity index (χ4v) is 4.85. The van der Waals surface area contributed by atoms with Crippen molar-refractivity contribution in [2.75, 3.05) is 18.5 Å². The van der Waals surface area contributed by atoms with Gasteiger partial charge in [0.15, 0.2) is 6.61 Å². The first-order valence-corrected chi connectivity index (χ1v) is 10.6. The zero-order valence-electron chi connectivity index (χ0n) is 16.9. The Kier molecular flexibility index (Phi) is 6.69. The number of esters is 2. The summed E-state index contributed by atoms with van der Waals surface area (Å²) in [6.45, 7) is 5.58. The largest absolute Gasteiger partial charge is 0.462 e. The number of carbonyl (C=O) groups is 3. The van der Waals surface area contributed by atoms with Gasteiger partial charge in [0.05, 0.1) is 17.7 Å². The van der Waals surface area contributed by atoms with Gasteiger partial charge in [0.1, 0.15) is 5.00 Å². The molecule has 0 fully saturated rings. The molecule has 29 heavy (non-hydrogen) atoms. The highest BCUT2D eigenvalue weighted by Gasteiger charge is 2.29. The summed E-state index contributed by atoms with van der Waals surface area (Å²) in [5, 5.41) is 3.22. The zero-order valence-corrected chi connectivity index (χ0v) is 17.7. The molecule has 1 N–H and O–H groups in total. The van der Waals surface area contributed by atoms with Gasteiger partial charge in [0.2, 0.25) is 0 Å². The monoisotopic (exact) mass is 415 g/mol. The summed E-state index contributed by atoms with van der Waals surface area (Å²) in [5.41, 5.74) is 2.62. The third-order valence-electron chi connectivity index (χ3n) is 4.94. The molecule has 2 aromatic rings. The van der Waals surface area contributed by atoms with Crippen LogP contribution in [0.2, 0.25) is 0 Å². The van der Waals surface area contributed by atoms with E-state index in [1.54, 1.807) is 32.0 Å². The van der Waals surface area contributed by atoms with E-state index in [0.29, 0.717) is 22.0 Å². The first-order valence-electron chi connectivity index (χ1n) is 9.75. The molecule has 154 valence electrons. The minimum atomic E-state index is -0.553. The highest BCUT2D eigenvalue weighted by atomic mass is 32.1. The molecular weight excluding hydrogens is 390 g/mol. The molecule has 1 aliphatic carbocycles. The summed E-state index contributed by atoms with van der Waals surface area (Å²) in [6.07, 6.45) is 2.67. The maximum Gasteiger partial charge on any atom is 0.341 e. The van der Waals surface area contributed by atoms with Gasteiger partial charge in [-0.25, -0.2) is 9.59 Å². The quantitative estimate of drug-likeness (QED) is 0.717. The van der Waals surface area contributed by atoms with Gasteiger partial charge in [-0.3, -0.25) is 4.79 Å². The Labute approximate surface area is 174 Å². The van der Waals surface area contributed by atoms with Crippen LogP contribution in [0.25, 0.3) is 0 Å². The van der Waals surface area contributed by atoms with E-state index in [9.17, 15) is 14.4 Å². The summed E-state index contributed by atoms with van der Waals surface area (Å²) >= 11 is 1.41. The van der Waals surface area contributed by atoms with Crippen LogP contribution in [0.4, 0.5) is 5.00 Å². The normalized spacial score (nSPS) is 15.3. The minimum Gasteiger partial charge on any atom is -0.462 e. The number of benzene rings is 1. The number of hydrogen-bond acceptors (Lipinski definition) is 6. The fraction of sp³-hybridized carbons (Fsp3) is 0.409. The van der Waals surface area contributed by atoms with Gasteiger partial charge in [-0.15, -0.1) is 11.3 Å². The molecule has 0 bridgehead atoms. The Hall–Kier alpha value is -2.67. The Morgan fingerprint density at radius 3 is 2.66 bits per heavy atom. The number of fused-ring (bicyclic) bond motifs is 1. The number of rotatable bonds is 6. The highest BCUT2D eigenvalue weighted by Crippen LogP contribution is 2.40. The molecule has 0 aliphatic heterocycles. The average Bonchev–Trinajstić information content (AvgIpc) is 3.03. The van der Waals surface area contributed by atoms with Crippen molar-refractivity contribution in [1.29, 1.82) is 0 Å². The minimum absolute atomic E-state index is 0.265. The molecule has 3 rings (SSSR count). The Morgan fingerprint density at radius 2 is 1.93 bits per heavy atom. The topological polar surface area (TPSA) is 81.7 Å². The lowest BCUT2D eigenvalue weighted by Crippen LogP contribution is -2.22. The van der Waals surface area contributed by atoms with Crippen molar-refractivity contribution in [3.8, 4) is 0 Å². The first kappa shape index (κ1) is 21.0.